The molecule has 3 heteroatoms. The van der Waals surface area contributed by atoms with Gasteiger partial charge < -0.3 is 4.74 Å². The largest absolute Gasteiger partial charge is 0.496 e. The topological polar surface area (TPSA) is 52.6 Å². The summed E-state index contributed by atoms with van der Waals surface area (Å²) in [7, 11) is 1.67. The standard InChI is InChI=1S/C8H11NO.N/c1-6-7(2)9-5-4-8(6)10-3;/h4-5H,1-3H3;. The second kappa shape index (κ2) is 3.93. The summed E-state index contributed by atoms with van der Waals surface area (Å²) in [5.41, 5.74) is 2.14. The Kier molecular flexibility index (Phi) is 3.54. The van der Waals surface area contributed by atoms with Gasteiger partial charge in [0.25, 0.3) is 0 Å². The summed E-state index contributed by atoms with van der Waals surface area (Å²) < 4.78 is 5.09. The van der Waals surface area contributed by atoms with Crippen LogP contribution in [-0.4, -0.2) is 12.1 Å². The maximum Gasteiger partial charge on any atom is 0.125 e. The molecule has 0 aliphatic heterocycles. The molecule has 1 heterocycles. The minimum absolute atomic E-state index is 0. The fourth-order valence-electron chi connectivity index (χ4n) is 0.838. The van der Waals surface area contributed by atoms with Crippen LogP contribution < -0.4 is 10.9 Å². The SMILES string of the molecule is COc1ccnc(C)c1C.[N]. The van der Waals surface area contributed by atoms with Gasteiger partial charge in [-0.1, -0.05) is 0 Å². The molecule has 11 heavy (non-hydrogen) atoms. The Morgan fingerprint density at radius 1 is 1.36 bits per heavy atom. The Morgan fingerprint density at radius 3 is 2.45 bits per heavy atom. The quantitative estimate of drug-likeness (QED) is 0.606. The smallest absolute Gasteiger partial charge is 0.125 e. The lowest BCUT2D eigenvalue weighted by Crippen LogP contribution is -1.91. The number of aryl methyl sites for hydroxylation is 1. The molecule has 0 saturated carbocycles. The highest BCUT2D eigenvalue weighted by Crippen LogP contribution is 2.17. The average molecular weight is 151 g/mol. The highest BCUT2D eigenvalue weighted by molar-refractivity contribution is 5.33. The van der Waals surface area contributed by atoms with Crippen LogP contribution in [0.5, 0.6) is 5.75 Å². The van der Waals surface area contributed by atoms with E-state index in [2.05, 4.69) is 4.98 Å². The first-order valence-electron chi connectivity index (χ1n) is 3.22. The third kappa shape index (κ3) is 1.91. The molecule has 0 aliphatic carbocycles. The van der Waals surface area contributed by atoms with Gasteiger partial charge in [0.15, 0.2) is 0 Å². The van der Waals surface area contributed by atoms with Crippen LogP contribution in [0.15, 0.2) is 12.3 Å². The molecular formula is C8H11N2O. The minimum atomic E-state index is 0. The van der Waals surface area contributed by atoms with Crippen LogP contribution >= 0.6 is 0 Å². The lowest BCUT2D eigenvalue weighted by atomic mass is 10.2. The molecule has 1 aromatic rings. The summed E-state index contributed by atoms with van der Waals surface area (Å²) in [6, 6.07) is 1.86. The van der Waals surface area contributed by atoms with E-state index in [-0.39, 0.29) is 6.15 Å². The lowest BCUT2D eigenvalue weighted by molar-refractivity contribution is 0.410. The number of nitrogens with zero attached hydrogens (tertiary/aromatic N) is 2. The molecule has 0 unspecified atom stereocenters. The van der Waals surface area contributed by atoms with Crippen molar-refractivity contribution in [1.29, 1.82) is 0 Å². The highest BCUT2D eigenvalue weighted by Gasteiger charge is 1.98. The van der Waals surface area contributed by atoms with E-state index in [1.165, 1.54) is 0 Å². The summed E-state index contributed by atoms with van der Waals surface area (Å²) in [5, 5.41) is 0. The predicted molar refractivity (Wildman–Crippen MR) is 42.4 cm³/mol. The average Bonchev–Trinajstić information content (AvgIpc) is 1.95. The van der Waals surface area contributed by atoms with E-state index in [1.54, 1.807) is 13.3 Å². The van der Waals surface area contributed by atoms with Gasteiger partial charge in [-0.2, -0.15) is 0 Å². The number of rotatable bonds is 1. The van der Waals surface area contributed by atoms with Crippen LogP contribution in [0.25, 0.3) is 0 Å². The van der Waals surface area contributed by atoms with Gasteiger partial charge in [0, 0.05) is 23.6 Å². The molecule has 0 aromatic carbocycles. The van der Waals surface area contributed by atoms with Crippen molar-refractivity contribution in [2.45, 2.75) is 13.8 Å². The van der Waals surface area contributed by atoms with Crippen molar-refractivity contribution in [3.63, 3.8) is 0 Å². The Balaban J connectivity index is 0.000001000. The highest BCUT2D eigenvalue weighted by atomic mass is 16.5. The van der Waals surface area contributed by atoms with Gasteiger partial charge in [-0.3, -0.25) is 4.98 Å². The fraction of sp³-hybridized carbons (Fsp3) is 0.375. The third-order valence-corrected chi connectivity index (χ3v) is 1.63. The normalized spacial score (nSPS) is 8.64. The molecule has 0 amide bonds. The van der Waals surface area contributed by atoms with Gasteiger partial charge in [0.1, 0.15) is 5.75 Å². The van der Waals surface area contributed by atoms with Gasteiger partial charge in [-0.05, 0) is 19.9 Å². The van der Waals surface area contributed by atoms with Crippen LogP contribution in [0.1, 0.15) is 11.3 Å². The molecule has 1 aromatic heterocycles. The van der Waals surface area contributed by atoms with Crippen LogP contribution in [0.3, 0.4) is 0 Å². The van der Waals surface area contributed by atoms with Crippen LogP contribution in [0.2, 0.25) is 0 Å². The number of hydrogen-bond acceptors (Lipinski definition) is 2. The molecule has 0 aliphatic rings. The van der Waals surface area contributed by atoms with Gasteiger partial charge in [-0.15, -0.1) is 0 Å². The van der Waals surface area contributed by atoms with Gasteiger partial charge in [0.05, 0.1) is 7.11 Å². The Bertz CT molecular complexity index is 236. The summed E-state index contributed by atoms with van der Waals surface area (Å²) >= 11 is 0. The number of pyridine rings is 1. The molecule has 0 saturated heterocycles. The van der Waals surface area contributed by atoms with Crippen molar-refractivity contribution in [1.82, 2.24) is 11.1 Å². The molecule has 3 nitrogen and oxygen atoms in total. The van der Waals surface area contributed by atoms with Crippen molar-refractivity contribution >= 4 is 0 Å². The van der Waals surface area contributed by atoms with Crippen molar-refractivity contribution in [3.8, 4) is 5.75 Å². The van der Waals surface area contributed by atoms with E-state index in [0.29, 0.717) is 0 Å². The lowest BCUT2D eigenvalue weighted by Gasteiger charge is -2.04. The fourth-order valence-corrected chi connectivity index (χ4v) is 0.838. The number of ether oxygens (including phenoxy) is 1. The molecule has 0 atom stereocenters. The Morgan fingerprint density at radius 2 is 2.00 bits per heavy atom. The zero-order valence-electron chi connectivity index (χ0n) is 6.96. The second-order valence-electron chi connectivity index (χ2n) is 2.22. The van der Waals surface area contributed by atoms with Crippen molar-refractivity contribution in [2.24, 2.45) is 0 Å². The predicted octanol–water partition coefficient (Wildman–Crippen LogP) is 1.23. The first-order chi connectivity index (χ1) is 4.75. The summed E-state index contributed by atoms with van der Waals surface area (Å²) in [4.78, 5) is 4.11. The Labute approximate surface area is 67.0 Å². The van der Waals surface area contributed by atoms with Crippen molar-refractivity contribution in [3.05, 3.63) is 23.5 Å². The van der Waals surface area contributed by atoms with Gasteiger partial charge in [0.2, 0.25) is 0 Å². The van der Waals surface area contributed by atoms with Crippen molar-refractivity contribution < 1.29 is 4.74 Å². The monoisotopic (exact) mass is 151 g/mol. The minimum Gasteiger partial charge on any atom is -0.496 e. The number of methoxy groups -OCH3 is 1. The molecule has 0 spiro atoms. The first-order valence-corrected chi connectivity index (χ1v) is 3.22. The summed E-state index contributed by atoms with van der Waals surface area (Å²) in [6.07, 6.45) is 1.75. The van der Waals surface area contributed by atoms with Crippen LogP contribution in [0.4, 0.5) is 0 Å². The molecule has 0 bridgehead atoms. The van der Waals surface area contributed by atoms with E-state index in [9.17, 15) is 0 Å². The van der Waals surface area contributed by atoms with E-state index >= 15 is 0 Å². The van der Waals surface area contributed by atoms with E-state index in [1.807, 2.05) is 19.9 Å². The first kappa shape index (κ1) is 9.91. The number of hydrogen-bond donors (Lipinski definition) is 0. The van der Waals surface area contributed by atoms with Gasteiger partial charge in [-0.25, -0.2) is 0 Å². The maximum atomic E-state index is 5.09. The third-order valence-electron chi connectivity index (χ3n) is 1.63. The maximum absolute atomic E-state index is 5.09. The second-order valence-corrected chi connectivity index (χ2v) is 2.22. The number of aromatic nitrogens is 1. The van der Waals surface area contributed by atoms with Gasteiger partial charge >= 0.3 is 0 Å². The van der Waals surface area contributed by atoms with Crippen molar-refractivity contribution in [2.75, 3.05) is 7.11 Å². The molecule has 59 valence electrons. The van der Waals surface area contributed by atoms with E-state index in [0.717, 1.165) is 17.0 Å². The van der Waals surface area contributed by atoms with Crippen LogP contribution in [-0.2, 0) is 0 Å². The molecule has 3 radical (unpaired) electrons. The van der Waals surface area contributed by atoms with E-state index < -0.39 is 0 Å². The summed E-state index contributed by atoms with van der Waals surface area (Å²) in [5.74, 6) is 0.910. The Hall–Kier alpha value is -1.09. The summed E-state index contributed by atoms with van der Waals surface area (Å²) in [6.45, 7) is 3.97. The van der Waals surface area contributed by atoms with E-state index in [4.69, 9.17) is 4.74 Å². The molecule has 1 rings (SSSR count). The zero-order valence-corrected chi connectivity index (χ0v) is 6.96. The zero-order chi connectivity index (χ0) is 7.56. The molecule has 0 fully saturated rings. The van der Waals surface area contributed by atoms with Crippen LogP contribution in [0, 0.1) is 13.8 Å². The molecular weight excluding hydrogens is 140 g/mol. The molecule has 0 N–H and O–H groups in total.